The first-order chi connectivity index (χ1) is 53.4. The summed E-state index contributed by atoms with van der Waals surface area (Å²) in [5.41, 5.74) is 7.45. The summed E-state index contributed by atoms with van der Waals surface area (Å²) in [7, 11) is -4.20. The molecule has 0 aromatic heterocycles. The summed E-state index contributed by atoms with van der Waals surface area (Å²) in [6.07, 6.45) is 9.24. The van der Waals surface area contributed by atoms with Gasteiger partial charge >= 0.3 is 5.97 Å². The molecule has 0 bridgehead atoms. The topological polar surface area (TPSA) is 211 Å². The molecule has 113 heavy (non-hydrogen) atoms. The lowest BCUT2D eigenvalue weighted by Gasteiger charge is -2.51. The highest BCUT2D eigenvalue weighted by Gasteiger charge is 2.57. The number of rotatable bonds is 24. The van der Waals surface area contributed by atoms with Crippen LogP contribution in [0.5, 0.6) is 17.2 Å². The van der Waals surface area contributed by atoms with Gasteiger partial charge in [0.25, 0.3) is 0 Å². The maximum atomic E-state index is 12.3. The Kier molecular flexibility index (Phi) is 28.6. The number of hydrogen-bond acceptors (Lipinski definition) is 16. The second kappa shape index (κ2) is 36.8. The number of benzene rings is 6. The van der Waals surface area contributed by atoms with E-state index in [1.54, 1.807) is 18.2 Å². The molecule has 0 amide bonds. The van der Waals surface area contributed by atoms with Gasteiger partial charge in [0.05, 0.1) is 37.1 Å². The van der Waals surface area contributed by atoms with Gasteiger partial charge in [-0.05, 0) is 308 Å². The van der Waals surface area contributed by atoms with Crippen LogP contribution in [0.15, 0.2) is 132 Å². The number of methoxy groups -OCH3 is 1. The summed E-state index contributed by atoms with van der Waals surface area (Å²) in [5, 5.41) is 55.0. The number of cyclic esters (lactones) is 1. The molecule has 5 N–H and O–H groups in total. The fraction of sp³-hybridized carbons (Fsp3) is 0.589. The SMILES string of the molecule is CC[C@H]1OC(=O)[C@H](O[Si](C)(C)C)[C@@H](O[Si](C)(C)C)[C@@H]1C.CC[C@H]1OC(O)(c2ccc(Cl)c(Cc3ccc(OC4C[C@@H]5C[C@@H]5C4)cc3)c2)[C@H](O[Si](C)(C)C)[C@@H](C)[C@@H]1C.COC1(c2ccc(Cl)c(Cc3ccc(OC4C[C@@H]5C[C@@H]5C4)cc3)c2)O[C@H](CO)[C@@H](O)[C@H](O)[C@H]1O.Clc1ccc(Br)cc1Cc1ccc(OC2C[C@@H]3C[C@@H]3C2)cc1. The summed E-state index contributed by atoms with van der Waals surface area (Å²) in [5.74, 6) is 5.36. The highest BCUT2D eigenvalue weighted by molar-refractivity contribution is 9.10. The minimum absolute atomic E-state index is 0.0427. The summed E-state index contributed by atoms with van der Waals surface area (Å²) in [4.78, 5) is 12.3. The predicted molar refractivity (Wildman–Crippen MR) is 456 cm³/mol. The molecule has 3 heterocycles. The van der Waals surface area contributed by atoms with E-state index in [2.05, 4.69) is 157 Å². The van der Waals surface area contributed by atoms with Crippen LogP contribution < -0.4 is 14.2 Å². The molecule has 9 fully saturated rings. The number of aliphatic hydroxyl groups is 5. The number of fused-ring (bicyclic) bond motifs is 3. The fourth-order valence-corrected chi connectivity index (χ4v) is 22.1. The largest absolute Gasteiger partial charge is 0.490 e. The average Bonchev–Trinajstić information content (AvgIpc) is 1.72. The van der Waals surface area contributed by atoms with Gasteiger partial charge in [-0.2, -0.15) is 0 Å². The number of carbonyl (C=O) groups is 1. The molecule has 23 heteroatoms. The highest BCUT2D eigenvalue weighted by atomic mass is 79.9. The van der Waals surface area contributed by atoms with Crippen LogP contribution in [0.2, 0.25) is 74.0 Å². The van der Waals surface area contributed by atoms with Gasteiger partial charge in [0.2, 0.25) is 11.6 Å². The van der Waals surface area contributed by atoms with Crippen molar-refractivity contribution >= 4 is 81.7 Å². The molecule has 6 aromatic rings. The smallest absolute Gasteiger partial charge is 0.337 e. The quantitative estimate of drug-likeness (QED) is 0.0282. The predicted octanol–water partition coefficient (Wildman–Crippen LogP) is 19.2. The zero-order valence-electron chi connectivity index (χ0n) is 68.6. The third-order valence-corrected chi connectivity index (χ3v) is 28.9. The van der Waals surface area contributed by atoms with Gasteiger partial charge in [-0.1, -0.05) is 134 Å². The Morgan fingerprint density at radius 1 is 0.478 bits per heavy atom. The van der Waals surface area contributed by atoms with Crippen LogP contribution in [-0.4, -0.2) is 143 Å². The first-order valence-electron chi connectivity index (χ1n) is 41.2. The molecule has 16 nitrogen and oxygen atoms in total. The van der Waals surface area contributed by atoms with Gasteiger partial charge in [-0.15, -0.1) is 0 Å². The lowest BCUT2D eigenvalue weighted by molar-refractivity contribution is -0.366. The van der Waals surface area contributed by atoms with Gasteiger partial charge < -0.3 is 72.0 Å². The maximum absolute atomic E-state index is 12.3. The van der Waals surface area contributed by atoms with Crippen LogP contribution in [0.1, 0.15) is 150 Å². The number of carbonyl (C=O) groups excluding carboxylic acids is 1. The Balaban J connectivity index is 0.000000144. The van der Waals surface area contributed by atoms with Crippen LogP contribution in [0, 0.1) is 53.3 Å². The number of esters is 1. The third-order valence-electron chi connectivity index (χ3n) is 24.4. The van der Waals surface area contributed by atoms with E-state index in [9.17, 15) is 30.3 Å². The summed E-state index contributed by atoms with van der Waals surface area (Å²) in [6.45, 7) is 29.3. The van der Waals surface area contributed by atoms with Crippen molar-refractivity contribution in [2.24, 2.45) is 53.3 Å². The van der Waals surface area contributed by atoms with E-state index in [4.69, 9.17) is 81.2 Å². The van der Waals surface area contributed by atoms with Crippen molar-refractivity contribution in [3.8, 4) is 17.2 Å². The average molecular weight is 1730 g/mol. The van der Waals surface area contributed by atoms with E-state index in [0.717, 1.165) is 122 Å². The zero-order chi connectivity index (χ0) is 81.4. The van der Waals surface area contributed by atoms with Crippen molar-refractivity contribution in [2.75, 3.05) is 13.7 Å². The van der Waals surface area contributed by atoms with E-state index < -0.39 is 79.8 Å². The van der Waals surface area contributed by atoms with Crippen molar-refractivity contribution < 1.29 is 76.8 Å². The van der Waals surface area contributed by atoms with Crippen LogP contribution in [0.25, 0.3) is 0 Å². The lowest BCUT2D eigenvalue weighted by Crippen LogP contribution is -2.64. The number of ether oxygens (including phenoxy) is 7. The van der Waals surface area contributed by atoms with Gasteiger partial charge in [0, 0.05) is 43.7 Å². The number of halogens is 4. The fourth-order valence-electron chi connectivity index (χ4n) is 17.9. The van der Waals surface area contributed by atoms with Crippen molar-refractivity contribution in [2.45, 2.75) is 268 Å². The molecule has 15 rings (SSSR count). The van der Waals surface area contributed by atoms with E-state index >= 15 is 0 Å². The summed E-state index contributed by atoms with van der Waals surface area (Å²) < 4.78 is 61.8. The van der Waals surface area contributed by atoms with Gasteiger partial charge in [-0.25, -0.2) is 4.79 Å². The normalized spacial score (nSPS) is 33.3. The molecule has 6 aliphatic carbocycles. The molecule has 9 aliphatic rings. The van der Waals surface area contributed by atoms with Crippen molar-refractivity contribution in [3.63, 3.8) is 0 Å². The molecular formula is C90H122BrCl3O16Si3. The highest BCUT2D eigenvalue weighted by Crippen LogP contribution is 2.55. The molecule has 6 saturated carbocycles. The zero-order valence-corrected chi connectivity index (χ0v) is 75.4. The Hall–Kier alpha value is -4.25. The maximum Gasteiger partial charge on any atom is 0.337 e. The molecule has 3 saturated heterocycles. The van der Waals surface area contributed by atoms with Crippen LogP contribution >= 0.6 is 50.7 Å². The Morgan fingerprint density at radius 3 is 1.27 bits per heavy atom. The number of hydrogen-bond donors (Lipinski definition) is 5. The number of aliphatic hydroxyl groups excluding tert-OH is 4. The molecule has 6 aromatic carbocycles. The monoisotopic (exact) mass is 1730 g/mol. The summed E-state index contributed by atoms with van der Waals surface area (Å²) >= 11 is 22.9. The molecular weight excluding hydrogens is 1610 g/mol. The van der Waals surface area contributed by atoms with Crippen LogP contribution in [0.3, 0.4) is 0 Å². The Morgan fingerprint density at radius 2 is 0.876 bits per heavy atom. The first kappa shape index (κ1) is 88.0. The Labute approximate surface area is 697 Å². The van der Waals surface area contributed by atoms with Crippen LogP contribution in [-0.2, 0) is 67.9 Å². The Bertz CT molecular complexity index is 4130. The van der Waals surface area contributed by atoms with E-state index in [1.165, 1.54) is 57.6 Å². The molecule has 5 unspecified atom stereocenters. The minimum atomic E-state index is -1.95. The van der Waals surface area contributed by atoms with Gasteiger partial charge in [0.15, 0.2) is 31.1 Å². The summed E-state index contributed by atoms with van der Waals surface area (Å²) in [6, 6.07) is 41.6. The van der Waals surface area contributed by atoms with Crippen LogP contribution in [0.4, 0.5) is 0 Å². The molecule has 3 aliphatic heterocycles. The third kappa shape index (κ3) is 22.2. The molecule has 0 spiro atoms. The van der Waals surface area contributed by atoms with E-state index in [0.29, 0.717) is 52.3 Å². The minimum Gasteiger partial charge on any atom is -0.490 e. The van der Waals surface area contributed by atoms with Crippen molar-refractivity contribution in [1.29, 1.82) is 0 Å². The molecule has 0 radical (unpaired) electrons. The second-order valence-corrected chi connectivity index (χ2v) is 52.1. The second-order valence-electron chi connectivity index (χ2n) is 36.6. The van der Waals surface area contributed by atoms with Gasteiger partial charge in [0.1, 0.15) is 53.9 Å². The first-order valence-corrected chi connectivity index (χ1v) is 53.4. The van der Waals surface area contributed by atoms with Crippen molar-refractivity contribution in [1.82, 2.24) is 0 Å². The molecule has 23 atom stereocenters. The molecule has 618 valence electrons. The van der Waals surface area contributed by atoms with E-state index in [-0.39, 0.29) is 42.0 Å². The standard InChI is InChI=1S/C31H43ClO4Si.C26H31ClO7.C19H18BrClO.C14H30O4Si2/c1-7-29-19(2)20(3)30(36-37(4,5)6)31(33,35-29)25-10-13-28(32)24(16-25)14-21-8-11-26(12-9-21)34-27-17-22-15-23(22)18-27;1-32-26(25(31)24(30)23(29)22(13-28)34-26)18-4-7-21(27)17(10-18)8-14-2-5-19(6-3-14)33-20-11-15-9-16(15)12-20;20-16-3-6-19(21)15(9-16)7-12-1-4-17(5-2-12)22-18-10-13-8-14(13)11-18;1-9-11-10(2)12(17-19(3,4)5)13(14(15)16-11)18-20(6,7)8/h8-13,16,19-20,22-23,27,29-30,33H,7,14-15,17-18H2,1-6H3;2-7,10,15-16,20,22-25,28-31H,8-9,11-13H2,1H3;1-6,9,13-14,18H,7-8,10-11H2;10-13H,9H2,1-8H3/t19-,20-,22-,23+,27?,29+,30+,31?;15-,16+,20?,22-,23-,24+,25-,26?;13-,14+,18?;10-,11-,12+,13-/m01.1/s1. The van der Waals surface area contributed by atoms with E-state index in [1.807, 2.05) is 61.5 Å². The van der Waals surface area contributed by atoms with Gasteiger partial charge in [-0.3, -0.25) is 0 Å². The lowest BCUT2D eigenvalue weighted by atomic mass is 9.77. The van der Waals surface area contributed by atoms with Crippen molar-refractivity contribution in [3.05, 3.63) is 191 Å².